The lowest BCUT2D eigenvalue weighted by molar-refractivity contribution is -0.116. The number of carbonyl (C=O) groups excluding carboxylic acids is 1. The molecule has 35 heavy (non-hydrogen) atoms. The van der Waals surface area contributed by atoms with Gasteiger partial charge < -0.3 is 20.1 Å². The number of thioether (sulfide) groups is 1. The summed E-state index contributed by atoms with van der Waals surface area (Å²) in [6, 6.07) is 18.3. The van der Waals surface area contributed by atoms with Gasteiger partial charge in [0.2, 0.25) is 0 Å². The average Bonchev–Trinajstić information content (AvgIpc) is 3.19. The van der Waals surface area contributed by atoms with Gasteiger partial charge in [-0.25, -0.2) is 4.39 Å². The minimum absolute atomic E-state index is 0.0739. The second-order valence-electron chi connectivity index (χ2n) is 7.81. The highest BCUT2D eigenvalue weighted by Crippen LogP contribution is 2.38. The quantitative estimate of drug-likeness (QED) is 0.286. The molecule has 0 spiro atoms. The van der Waals surface area contributed by atoms with Crippen molar-refractivity contribution in [2.45, 2.75) is 32.4 Å². The Morgan fingerprint density at radius 2 is 1.83 bits per heavy atom. The number of amides is 1. The van der Waals surface area contributed by atoms with Crippen molar-refractivity contribution in [3.05, 3.63) is 92.5 Å². The first-order valence-electron chi connectivity index (χ1n) is 11.3. The molecule has 1 saturated heterocycles. The molecule has 1 aliphatic rings. The van der Waals surface area contributed by atoms with E-state index in [0.29, 0.717) is 28.6 Å². The molecular formula is C27H26BrFN2O3S. The van der Waals surface area contributed by atoms with Crippen LogP contribution < -0.4 is 20.1 Å². The molecule has 1 fully saturated rings. The standard InChI is InChI=1S/C27H26BrFN2O3S/c1-3-17-9-11-20(12-10-17)30-27-31-26(32)25(35-27)14-19-13-23(33-4-2)24(15-21(19)28)34-16-18-7-5-6-8-22(18)29/h5-15,27,30H,3-4,16H2,1-2H3,(H,31,32)/b25-14-/t27-/m1/s1. The first-order chi connectivity index (χ1) is 17.0. The van der Waals surface area contributed by atoms with Crippen molar-refractivity contribution < 1.29 is 18.7 Å². The van der Waals surface area contributed by atoms with Crippen molar-refractivity contribution in [2.24, 2.45) is 0 Å². The first-order valence-corrected chi connectivity index (χ1v) is 13.0. The molecule has 3 aromatic carbocycles. The maximum atomic E-state index is 14.0. The molecule has 4 rings (SSSR count). The third kappa shape index (κ3) is 6.38. The van der Waals surface area contributed by atoms with Crippen molar-refractivity contribution in [3.8, 4) is 11.5 Å². The molecule has 182 valence electrons. The summed E-state index contributed by atoms with van der Waals surface area (Å²) in [5.74, 6) is 0.540. The summed E-state index contributed by atoms with van der Waals surface area (Å²) in [6.45, 7) is 4.50. The molecule has 2 N–H and O–H groups in total. The van der Waals surface area contributed by atoms with E-state index in [1.54, 1.807) is 24.3 Å². The number of rotatable bonds is 9. The summed E-state index contributed by atoms with van der Waals surface area (Å²) in [6.07, 6.45) is 2.79. The molecule has 5 nitrogen and oxygen atoms in total. The van der Waals surface area contributed by atoms with E-state index in [1.165, 1.54) is 23.4 Å². The van der Waals surface area contributed by atoms with E-state index in [4.69, 9.17) is 9.47 Å². The van der Waals surface area contributed by atoms with Crippen molar-refractivity contribution in [1.82, 2.24) is 5.32 Å². The molecule has 0 radical (unpaired) electrons. The predicted octanol–water partition coefficient (Wildman–Crippen LogP) is 6.73. The molecule has 8 heteroatoms. The molecule has 1 aliphatic heterocycles. The smallest absolute Gasteiger partial charge is 0.260 e. The topological polar surface area (TPSA) is 59.6 Å². The molecule has 0 aliphatic carbocycles. The molecule has 1 atom stereocenters. The van der Waals surface area contributed by atoms with Gasteiger partial charge in [0, 0.05) is 15.7 Å². The van der Waals surface area contributed by atoms with E-state index < -0.39 is 0 Å². The number of halogens is 2. The van der Waals surface area contributed by atoms with Gasteiger partial charge in [-0.3, -0.25) is 4.79 Å². The van der Waals surface area contributed by atoms with Gasteiger partial charge in [-0.05, 0) is 60.9 Å². The van der Waals surface area contributed by atoms with Crippen molar-refractivity contribution >= 4 is 45.4 Å². The van der Waals surface area contributed by atoms with Crippen molar-refractivity contribution in [1.29, 1.82) is 0 Å². The van der Waals surface area contributed by atoms with Gasteiger partial charge in [0.05, 0.1) is 11.5 Å². The highest BCUT2D eigenvalue weighted by Gasteiger charge is 2.27. The Hall–Kier alpha value is -2.97. The van der Waals surface area contributed by atoms with Gasteiger partial charge in [0.15, 0.2) is 17.0 Å². The van der Waals surface area contributed by atoms with Gasteiger partial charge >= 0.3 is 0 Å². The minimum Gasteiger partial charge on any atom is -0.490 e. The number of nitrogens with one attached hydrogen (secondary N) is 2. The highest BCUT2D eigenvalue weighted by molar-refractivity contribution is 9.10. The molecule has 1 heterocycles. The summed E-state index contributed by atoms with van der Waals surface area (Å²) >= 11 is 4.99. The van der Waals surface area contributed by atoms with Crippen molar-refractivity contribution in [2.75, 3.05) is 11.9 Å². The number of ether oxygens (including phenoxy) is 2. The molecule has 0 saturated carbocycles. The highest BCUT2D eigenvalue weighted by atomic mass is 79.9. The van der Waals surface area contributed by atoms with Crippen LogP contribution in [0.15, 0.2) is 70.0 Å². The number of hydrogen-bond donors (Lipinski definition) is 2. The monoisotopic (exact) mass is 556 g/mol. The molecular weight excluding hydrogens is 531 g/mol. The van der Waals surface area contributed by atoms with E-state index in [-0.39, 0.29) is 23.8 Å². The van der Waals surface area contributed by atoms with Gasteiger partial charge in [-0.15, -0.1) is 0 Å². The number of hydrogen-bond acceptors (Lipinski definition) is 5. The first kappa shape index (κ1) is 25.1. The Bertz CT molecular complexity index is 1230. The van der Waals surface area contributed by atoms with Gasteiger partial charge in [0.1, 0.15) is 12.4 Å². The number of anilines is 1. The van der Waals surface area contributed by atoms with Crippen LogP contribution in [0.4, 0.5) is 10.1 Å². The number of carbonyl (C=O) groups is 1. The van der Waals surface area contributed by atoms with Crippen LogP contribution in [-0.4, -0.2) is 18.0 Å². The predicted molar refractivity (Wildman–Crippen MR) is 143 cm³/mol. The largest absolute Gasteiger partial charge is 0.490 e. The van der Waals surface area contributed by atoms with E-state index in [9.17, 15) is 9.18 Å². The fourth-order valence-electron chi connectivity index (χ4n) is 3.51. The molecule has 3 aromatic rings. The normalized spacial score (nSPS) is 16.3. The second kappa shape index (κ2) is 11.6. The SMILES string of the molecule is CCOc1cc(/C=C2\S[C@H](Nc3ccc(CC)cc3)NC2=O)c(Br)cc1OCc1ccccc1F. The summed E-state index contributed by atoms with van der Waals surface area (Å²) < 4.78 is 26.4. The van der Waals surface area contributed by atoms with Crippen LogP contribution >= 0.6 is 27.7 Å². The molecule has 0 aromatic heterocycles. The maximum absolute atomic E-state index is 14.0. The van der Waals surface area contributed by atoms with Gasteiger partial charge in [0.25, 0.3) is 5.91 Å². The van der Waals surface area contributed by atoms with E-state index in [0.717, 1.165) is 22.1 Å². The average molecular weight is 557 g/mol. The Balaban J connectivity index is 1.50. The summed E-state index contributed by atoms with van der Waals surface area (Å²) in [7, 11) is 0. The van der Waals surface area contributed by atoms with Crippen LogP contribution in [0.1, 0.15) is 30.5 Å². The third-order valence-corrected chi connectivity index (χ3v) is 7.10. The number of aryl methyl sites for hydroxylation is 1. The number of benzene rings is 3. The fourth-order valence-corrected chi connectivity index (χ4v) is 4.92. The van der Waals surface area contributed by atoms with E-state index in [1.807, 2.05) is 31.2 Å². The summed E-state index contributed by atoms with van der Waals surface area (Å²) in [4.78, 5) is 13.2. The van der Waals surface area contributed by atoms with Crippen LogP contribution in [0.25, 0.3) is 6.08 Å². The Labute approximate surface area is 217 Å². The minimum atomic E-state index is -0.320. The molecule has 0 unspecified atom stereocenters. The van der Waals surface area contributed by atoms with Crippen LogP contribution in [0.5, 0.6) is 11.5 Å². The van der Waals surface area contributed by atoms with Gasteiger partial charge in [-0.1, -0.05) is 64.9 Å². The molecule has 0 bridgehead atoms. The van der Waals surface area contributed by atoms with Crippen LogP contribution in [0.3, 0.4) is 0 Å². The lowest BCUT2D eigenvalue weighted by atomic mass is 10.1. The van der Waals surface area contributed by atoms with Crippen LogP contribution in [-0.2, 0) is 17.8 Å². The lowest BCUT2D eigenvalue weighted by Gasteiger charge is -2.14. The maximum Gasteiger partial charge on any atom is 0.260 e. The second-order valence-corrected chi connectivity index (χ2v) is 9.81. The van der Waals surface area contributed by atoms with Crippen LogP contribution in [0, 0.1) is 5.82 Å². The third-order valence-electron chi connectivity index (χ3n) is 5.38. The van der Waals surface area contributed by atoms with E-state index in [2.05, 4.69) is 45.6 Å². The van der Waals surface area contributed by atoms with E-state index >= 15 is 0 Å². The Kier molecular flexibility index (Phi) is 8.36. The summed E-state index contributed by atoms with van der Waals surface area (Å²) in [5.41, 5.74) is 3.17. The van der Waals surface area contributed by atoms with Crippen molar-refractivity contribution in [3.63, 3.8) is 0 Å². The zero-order chi connectivity index (χ0) is 24.8. The Morgan fingerprint density at radius 1 is 1.09 bits per heavy atom. The lowest BCUT2D eigenvalue weighted by Crippen LogP contribution is -2.30. The fraction of sp³-hybridized carbons (Fsp3) is 0.222. The van der Waals surface area contributed by atoms with Crippen LogP contribution in [0.2, 0.25) is 0 Å². The zero-order valence-corrected chi connectivity index (χ0v) is 21.8. The Morgan fingerprint density at radius 3 is 2.54 bits per heavy atom. The summed E-state index contributed by atoms with van der Waals surface area (Å²) in [5, 5.41) is 6.29. The van der Waals surface area contributed by atoms with Gasteiger partial charge in [-0.2, -0.15) is 0 Å². The molecule has 1 amide bonds. The zero-order valence-electron chi connectivity index (χ0n) is 19.4.